The highest BCUT2D eigenvalue weighted by Crippen LogP contribution is 2.33. The van der Waals surface area contributed by atoms with E-state index in [1.54, 1.807) is 4.90 Å². The summed E-state index contributed by atoms with van der Waals surface area (Å²) in [5, 5.41) is 5.72. The second-order valence-corrected chi connectivity index (χ2v) is 8.03. The largest absolute Gasteiger partial charge is 0.352 e. The first kappa shape index (κ1) is 19.0. The van der Waals surface area contributed by atoms with Gasteiger partial charge < -0.3 is 10.6 Å². The first-order valence-corrected chi connectivity index (χ1v) is 9.29. The summed E-state index contributed by atoms with van der Waals surface area (Å²) in [6.45, 7) is 9.26. The summed E-state index contributed by atoms with van der Waals surface area (Å²) in [5.74, 6) is -0.0605. The Labute approximate surface area is 160 Å². The molecule has 1 heterocycles. The van der Waals surface area contributed by atoms with Crippen LogP contribution >= 0.6 is 0 Å². The van der Waals surface area contributed by atoms with E-state index in [1.165, 1.54) is 18.1 Å². The van der Waals surface area contributed by atoms with Gasteiger partial charge in [-0.15, -0.1) is 0 Å². The van der Waals surface area contributed by atoms with E-state index in [0.29, 0.717) is 13.1 Å². The molecule has 0 bridgehead atoms. The Balaban J connectivity index is 1.67. The van der Waals surface area contributed by atoms with Crippen molar-refractivity contribution < 1.29 is 9.59 Å². The van der Waals surface area contributed by atoms with Crippen LogP contribution in [0.3, 0.4) is 0 Å². The van der Waals surface area contributed by atoms with Gasteiger partial charge in [-0.25, -0.2) is 4.79 Å². The maximum absolute atomic E-state index is 12.7. The van der Waals surface area contributed by atoms with Crippen molar-refractivity contribution >= 4 is 23.3 Å². The third-order valence-corrected chi connectivity index (χ3v) is 4.83. The lowest BCUT2D eigenvalue weighted by molar-refractivity contribution is -0.119. The normalized spacial score (nSPS) is 13.3. The van der Waals surface area contributed by atoms with Gasteiger partial charge in [0.15, 0.2) is 0 Å². The van der Waals surface area contributed by atoms with Gasteiger partial charge in [0, 0.05) is 31.4 Å². The van der Waals surface area contributed by atoms with Gasteiger partial charge in [-0.2, -0.15) is 0 Å². The van der Waals surface area contributed by atoms with Crippen LogP contribution in [0, 0.1) is 0 Å². The highest BCUT2D eigenvalue weighted by Gasteiger charge is 2.26. The lowest BCUT2D eigenvalue weighted by Gasteiger charge is -2.22. The van der Waals surface area contributed by atoms with E-state index in [2.05, 4.69) is 49.6 Å². The smallest absolute Gasteiger partial charge is 0.326 e. The molecule has 142 valence electrons. The second-order valence-electron chi connectivity index (χ2n) is 8.03. The Morgan fingerprint density at radius 2 is 1.78 bits per heavy atom. The number of nitrogens with one attached hydrogen (secondary N) is 2. The number of urea groups is 1. The Kier molecular flexibility index (Phi) is 5.22. The van der Waals surface area contributed by atoms with Gasteiger partial charge >= 0.3 is 6.03 Å². The van der Waals surface area contributed by atoms with Crippen molar-refractivity contribution in [2.45, 2.75) is 46.1 Å². The summed E-state index contributed by atoms with van der Waals surface area (Å²) < 4.78 is 0. The van der Waals surface area contributed by atoms with Gasteiger partial charge in [0.25, 0.3) is 0 Å². The number of carbonyl (C=O) groups is 2. The predicted molar refractivity (Wildman–Crippen MR) is 109 cm³/mol. The molecule has 2 N–H and O–H groups in total. The number of rotatable bonds is 3. The average molecular weight is 365 g/mol. The molecule has 1 aliphatic heterocycles. The first-order valence-electron chi connectivity index (χ1n) is 9.29. The number of benzene rings is 2. The highest BCUT2D eigenvalue weighted by atomic mass is 16.2. The van der Waals surface area contributed by atoms with Gasteiger partial charge in [-0.1, -0.05) is 45.0 Å². The lowest BCUT2D eigenvalue weighted by atomic mass is 9.86. The standard InChI is InChI=1S/C22H27N3O2/c1-15(26)23-14-16-5-8-19(9-6-16)24-21(27)25-12-11-17-13-18(22(2,3)4)7-10-20(17)25/h5-10,13H,11-12,14H2,1-4H3,(H,23,26)(H,24,27). The number of fused-ring (bicyclic) bond motifs is 1. The second kappa shape index (κ2) is 7.43. The maximum atomic E-state index is 12.7. The third-order valence-electron chi connectivity index (χ3n) is 4.83. The zero-order valence-corrected chi connectivity index (χ0v) is 16.4. The van der Waals surface area contributed by atoms with Crippen LogP contribution in [0.4, 0.5) is 16.2 Å². The fourth-order valence-electron chi connectivity index (χ4n) is 3.20. The molecular formula is C22H27N3O2. The molecule has 2 aromatic carbocycles. The minimum Gasteiger partial charge on any atom is -0.352 e. The Hall–Kier alpha value is -2.82. The summed E-state index contributed by atoms with van der Waals surface area (Å²) >= 11 is 0. The van der Waals surface area contributed by atoms with E-state index < -0.39 is 0 Å². The minimum absolute atomic E-state index is 0.0605. The van der Waals surface area contributed by atoms with Gasteiger partial charge in [0.05, 0.1) is 0 Å². The lowest BCUT2D eigenvalue weighted by Crippen LogP contribution is -2.33. The molecule has 0 saturated carbocycles. The molecule has 0 fully saturated rings. The van der Waals surface area contributed by atoms with Crippen LogP contribution in [0.5, 0.6) is 0 Å². The molecule has 0 radical (unpaired) electrons. The van der Waals surface area contributed by atoms with E-state index in [1.807, 2.05) is 24.3 Å². The van der Waals surface area contributed by atoms with Crippen LogP contribution in [0.25, 0.3) is 0 Å². The quantitative estimate of drug-likeness (QED) is 0.856. The predicted octanol–water partition coefficient (Wildman–Crippen LogP) is 4.21. The summed E-state index contributed by atoms with van der Waals surface area (Å²) in [4.78, 5) is 25.5. The Morgan fingerprint density at radius 3 is 2.41 bits per heavy atom. The molecule has 3 rings (SSSR count). The monoisotopic (exact) mass is 365 g/mol. The molecule has 5 nitrogen and oxygen atoms in total. The molecule has 27 heavy (non-hydrogen) atoms. The van der Waals surface area contributed by atoms with Crippen LogP contribution in [-0.2, 0) is 23.2 Å². The van der Waals surface area contributed by atoms with E-state index in [-0.39, 0.29) is 17.4 Å². The van der Waals surface area contributed by atoms with Crippen LogP contribution in [-0.4, -0.2) is 18.5 Å². The maximum Gasteiger partial charge on any atom is 0.326 e. The Bertz CT molecular complexity index is 851. The van der Waals surface area contributed by atoms with Gasteiger partial charge in [-0.05, 0) is 46.7 Å². The summed E-state index contributed by atoms with van der Waals surface area (Å²) in [7, 11) is 0. The van der Waals surface area contributed by atoms with Crippen molar-refractivity contribution in [1.29, 1.82) is 0 Å². The Morgan fingerprint density at radius 1 is 1.07 bits per heavy atom. The van der Waals surface area contributed by atoms with Gasteiger partial charge in [0.2, 0.25) is 5.91 Å². The fraction of sp³-hybridized carbons (Fsp3) is 0.364. The number of carbonyl (C=O) groups excluding carboxylic acids is 2. The third kappa shape index (κ3) is 4.48. The fourth-order valence-corrected chi connectivity index (χ4v) is 3.20. The van der Waals surface area contributed by atoms with Crippen LogP contribution in [0.15, 0.2) is 42.5 Å². The van der Waals surface area contributed by atoms with Gasteiger partial charge in [-0.3, -0.25) is 9.69 Å². The van der Waals surface area contributed by atoms with Crippen molar-refractivity contribution in [2.24, 2.45) is 0 Å². The molecule has 5 heteroatoms. The van der Waals surface area contributed by atoms with Crippen molar-refractivity contribution in [1.82, 2.24) is 5.32 Å². The van der Waals surface area contributed by atoms with Crippen LogP contribution in [0.1, 0.15) is 44.4 Å². The van der Waals surface area contributed by atoms with E-state index in [0.717, 1.165) is 23.4 Å². The molecule has 0 aliphatic carbocycles. The number of nitrogens with zero attached hydrogens (tertiary/aromatic N) is 1. The van der Waals surface area contributed by atoms with Crippen molar-refractivity contribution in [3.05, 3.63) is 59.2 Å². The number of hydrogen-bond acceptors (Lipinski definition) is 2. The SMILES string of the molecule is CC(=O)NCc1ccc(NC(=O)N2CCc3cc(C(C)(C)C)ccc32)cc1. The molecule has 2 aromatic rings. The number of anilines is 2. The molecule has 3 amide bonds. The summed E-state index contributed by atoms with van der Waals surface area (Å²) in [6.07, 6.45) is 0.877. The zero-order chi connectivity index (χ0) is 19.6. The number of hydrogen-bond donors (Lipinski definition) is 2. The van der Waals surface area contributed by atoms with E-state index in [9.17, 15) is 9.59 Å². The molecule has 0 aromatic heterocycles. The molecule has 0 unspecified atom stereocenters. The van der Waals surface area contributed by atoms with Gasteiger partial charge in [0.1, 0.15) is 0 Å². The van der Waals surface area contributed by atoms with Crippen molar-refractivity contribution in [3.63, 3.8) is 0 Å². The zero-order valence-electron chi connectivity index (χ0n) is 16.4. The van der Waals surface area contributed by atoms with E-state index >= 15 is 0 Å². The topological polar surface area (TPSA) is 61.4 Å². The number of amides is 3. The highest BCUT2D eigenvalue weighted by molar-refractivity contribution is 6.03. The molecule has 0 spiro atoms. The van der Waals surface area contributed by atoms with E-state index in [4.69, 9.17) is 0 Å². The first-order chi connectivity index (χ1) is 12.7. The molecule has 0 atom stereocenters. The van der Waals surface area contributed by atoms with Crippen LogP contribution < -0.4 is 15.5 Å². The average Bonchev–Trinajstić information content (AvgIpc) is 3.03. The van der Waals surface area contributed by atoms with Crippen molar-refractivity contribution in [3.8, 4) is 0 Å². The molecule has 1 aliphatic rings. The van der Waals surface area contributed by atoms with Crippen LogP contribution in [0.2, 0.25) is 0 Å². The molecule has 0 saturated heterocycles. The summed E-state index contributed by atoms with van der Waals surface area (Å²) in [6, 6.07) is 13.8. The minimum atomic E-state index is -0.119. The summed E-state index contributed by atoms with van der Waals surface area (Å²) in [5.41, 5.74) is 5.34. The molecular weight excluding hydrogens is 338 g/mol. The van der Waals surface area contributed by atoms with Crippen molar-refractivity contribution in [2.75, 3.05) is 16.8 Å².